The van der Waals surface area contributed by atoms with Gasteiger partial charge in [-0.1, -0.05) is 31.0 Å². The third-order valence-corrected chi connectivity index (χ3v) is 7.24. The quantitative estimate of drug-likeness (QED) is 0.619. The summed E-state index contributed by atoms with van der Waals surface area (Å²) in [6.07, 6.45) is 10.7. The fourth-order valence-electron chi connectivity index (χ4n) is 4.19. The maximum absolute atomic E-state index is 12.5. The van der Waals surface area contributed by atoms with Gasteiger partial charge in [0, 0.05) is 42.8 Å². The molecule has 1 aliphatic carbocycles. The number of likely N-dealkylation sites (tertiary alicyclic amines) is 1. The molecule has 1 saturated carbocycles. The minimum atomic E-state index is -0.309. The van der Waals surface area contributed by atoms with E-state index < -0.39 is 0 Å². The van der Waals surface area contributed by atoms with E-state index in [1.165, 1.54) is 6.42 Å². The Kier molecular flexibility index (Phi) is 7.51. The normalized spacial score (nSPS) is 18.0. The zero-order valence-electron chi connectivity index (χ0n) is 17.7. The number of imidazole rings is 1. The predicted molar refractivity (Wildman–Crippen MR) is 121 cm³/mol. The molecule has 8 heteroatoms. The average molecular weight is 443 g/mol. The Bertz CT molecular complexity index is 842. The van der Waals surface area contributed by atoms with Crippen molar-refractivity contribution < 1.29 is 14.3 Å². The monoisotopic (exact) mass is 442 g/mol. The van der Waals surface area contributed by atoms with Gasteiger partial charge in [-0.15, -0.1) is 0 Å². The molecule has 1 aliphatic heterocycles. The molecule has 2 heterocycles. The summed E-state index contributed by atoms with van der Waals surface area (Å²) in [4.78, 5) is 34.0. The summed E-state index contributed by atoms with van der Waals surface area (Å²) in [5, 5.41) is 3.93. The van der Waals surface area contributed by atoms with Crippen molar-refractivity contribution in [3.05, 3.63) is 36.7 Å². The molecule has 1 aromatic carbocycles. The number of H-pyrrole nitrogens is 1. The lowest BCUT2D eigenvalue weighted by atomic mass is 9.88. The van der Waals surface area contributed by atoms with E-state index >= 15 is 0 Å². The highest BCUT2D eigenvalue weighted by molar-refractivity contribution is 7.99. The highest BCUT2D eigenvalue weighted by atomic mass is 32.2. The fraction of sp³-hybridized carbons (Fsp3) is 0.522. The molecule has 2 amide bonds. The Morgan fingerprint density at radius 3 is 2.52 bits per heavy atom. The SMILES string of the molecule is O=C(Nc1ccc(OC(=O)N2CCC(CSc3ncc[nH]3)CC2)cc1)C1CCCCC1. The Balaban J connectivity index is 1.19. The van der Waals surface area contributed by atoms with Gasteiger partial charge in [-0.25, -0.2) is 9.78 Å². The number of benzene rings is 1. The molecule has 31 heavy (non-hydrogen) atoms. The topological polar surface area (TPSA) is 87.3 Å². The lowest BCUT2D eigenvalue weighted by Crippen LogP contribution is -2.40. The molecule has 0 bridgehead atoms. The lowest BCUT2D eigenvalue weighted by molar-refractivity contribution is -0.120. The van der Waals surface area contributed by atoms with Crippen LogP contribution in [-0.2, 0) is 4.79 Å². The highest BCUT2D eigenvalue weighted by Crippen LogP contribution is 2.27. The van der Waals surface area contributed by atoms with Gasteiger partial charge >= 0.3 is 6.09 Å². The summed E-state index contributed by atoms with van der Waals surface area (Å²) in [6.45, 7) is 1.41. The Morgan fingerprint density at radius 2 is 1.84 bits per heavy atom. The van der Waals surface area contributed by atoms with Crippen LogP contribution in [0.25, 0.3) is 0 Å². The lowest BCUT2D eigenvalue weighted by Gasteiger charge is -2.30. The molecule has 7 nitrogen and oxygen atoms in total. The maximum Gasteiger partial charge on any atom is 0.415 e. The second kappa shape index (κ2) is 10.7. The first-order chi connectivity index (χ1) is 15.2. The molecule has 166 valence electrons. The number of nitrogens with one attached hydrogen (secondary N) is 2. The van der Waals surface area contributed by atoms with Gasteiger partial charge < -0.3 is 19.9 Å². The molecule has 2 aromatic rings. The van der Waals surface area contributed by atoms with Crippen LogP contribution in [0.4, 0.5) is 10.5 Å². The second-order valence-corrected chi connectivity index (χ2v) is 9.36. The standard InChI is InChI=1S/C23H30N4O3S/c28-21(18-4-2-1-3-5-18)26-19-6-8-20(9-7-19)30-23(29)27-14-10-17(11-15-27)16-31-22-24-12-13-25-22/h6-9,12-13,17-18H,1-5,10-11,14-16H2,(H,24,25)(H,26,28). The minimum Gasteiger partial charge on any atom is -0.410 e. The molecule has 0 radical (unpaired) electrons. The van der Waals surface area contributed by atoms with E-state index in [1.807, 2.05) is 6.20 Å². The molecular formula is C23H30N4O3S. The molecule has 1 aromatic heterocycles. The Morgan fingerprint density at radius 1 is 1.10 bits per heavy atom. The zero-order valence-corrected chi connectivity index (χ0v) is 18.5. The third kappa shape index (κ3) is 6.26. The molecule has 0 spiro atoms. The van der Waals surface area contributed by atoms with Crippen LogP contribution < -0.4 is 10.1 Å². The van der Waals surface area contributed by atoms with Crippen LogP contribution in [0.3, 0.4) is 0 Å². The number of anilines is 1. The summed E-state index contributed by atoms with van der Waals surface area (Å²) < 4.78 is 5.54. The number of hydrogen-bond acceptors (Lipinski definition) is 5. The van der Waals surface area contributed by atoms with Crippen molar-refractivity contribution in [3.63, 3.8) is 0 Å². The van der Waals surface area contributed by atoms with Crippen LogP contribution in [0.1, 0.15) is 44.9 Å². The van der Waals surface area contributed by atoms with Gasteiger partial charge in [0.05, 0.1) is 0 Å². The average Bonchev–Trinajstić information content (AvgIpc) is 3.33. The molecule has 2 N–H and O–H groups in total. The largest absolute Gasteiger partial charge is 0.415 e. The molecule has 2 aliphatic rings. The van der Waals surface area contributed by atoms with Gasteiger partial charge in [-0.3, -0.25) is 4.79 Å². The van der Waals surface area contributed by atoms with Crippen molar-refractivity contribution >= 4 is 29.4 Å². The number of amides is 2. The van der Waals surface area contributed by atoms with Crippen LogP contribution in [0, 0.1) is 11.8 Å². The zero-order chi connectivity index (χ0) is 21.5. The first-order valence-electron chi connectivity index (χ1n) is 11.2. The third-order valence-electron chi connectivity index (χ3n) is 6.10. The number of aromatic nitrogens is 2. The summed E-state index contributed by atoms with van der Waals surface area (Å²) in [5.74, 6) is 2.29. The second-order valence-electron chi connectivity index (χ2n) is 8.35. The van der Waals surface area contributed by atoms with Crippen molar-refractivity contribution in [1.82, 2.24) is 14.9 Å². The molecule has 0 atom stereocenters. The van der Waals surface area contributed by atoms with Crippen LogP contribution in [0.5, 0.6) is 5.75 Å². The fourth-order valence-corrected chi connectivity index (χ4v) is 5.20. The van der Waals surface area contributed by atoms with E-state index in [0.717, 1.165) is 55.1 Å². The van der Waals surface area contributed by atoms with Gasteiger partial charge in [-0.05, 0) is 55.9 Å². The predicted octanol–water partition coefficient (Wildman–Crippen LogP) is 4.93. The van der Waals surface area contributed by atoms with Crippen molar-refractivity contribution in [2.24, 2.45) is 11.8 Å². The number of hydrogen-bond donors (Lipinski definition) is 2. The van der Waals surface area contributed by atoms with Gasteiger partial charge in [0.25, 0.3) is 0 Å². The molecule has 4 rings (SSSR count). The highest BCUT2D eigenvalue weighted by Gasteiger charge is 2.25. The van der Waals surface area contributed by atoms with Crippen LogP contribution in [-0.4, -0.2) is 45.7 Å². The van der Waals surface area contributed by atoms with Gasteiger partial charge in [0.15, 0.2) is 5.16 Å². The number of thioether (sulfide) groups is 1. The summed E-state index contributed by atoms with van der Waals surface area (Å²) >= 11 is 1.73. The summed E-state index contributed by atoms with van der Waals surface area (Å²) in [5.41, 5.74) is 0.741. The van der Waals surface area contributed by atoms with Gasteiger partial charge in [0.2, 0.25) is 5.91 Å². The van der Waals surface area contributed by atoms with Gasteiger partial charge in [0.1, 0.15) is 5.75 Å². The number of rotatable bonds is 6. The summed E-state index contributed by atoms with van der Waals surface area (Å²) in [6, 6.07) is 7.06. The van der Waals surface area contributed by atoms with Crippen LogP contribution >= 0.6 is 11.8 Å². The van der Waals surface area contributed by atoms with Crippen molar-refractivity contribution in [2.45, 2.75) is 50.1 Å². The number of nitrogens with zero attached hydrogens (tertiary/aromatic N) is 2. The Labute approximate surface area is 187 Å². The Hall–Kier alpha value is -2.48. The van der Waals surface area contributed by atoms with E-state index in [9.17, 15) is 9.59 Å². The number of ether oxygens (including phenoxy) is 1. The first kappa shape index (κ1) is 21.7. The number of carbonyl (C=O) groups is 2. The smallest absolute Gasteiger partial charge is 0.410 e. The van der Waals surface area contributed by atoms with E-state index in [0.29, 0.717) is 24.8 Å². The van der Waals surface area contributed by atoms with Crippen molar-refractivity contribution in [1.29, 1.82) is 0 Å². The minimum absolute atomic E-state index is 0.0949. The molecular weight excluding hydrogens is 412 g/mol. The number of piperidine rings is 1. The molecule has 1 saturated heterocycles. The first-order valence-corrected chi connectivity index (χ1v) is 12.2. The van der Waals surface area contributed by atoms with E-state index in [1.54, 1.807) is 47.1 Å². The number of aromatic amines is 1. The van der Waals surface area contributed by atoms with E-state index in [-0.39, 0.29) is 17.9 Å². The number of carbonyl (C=O) groups excluding carboxylic acids is 2. The summed E-state index contributed by atoms with van der Waals surface area (Å²) in [7, 11) is 0. The van der Waals surface area contributed by atoms with Crippen LogP contribution in [0.2, 0.25) is 0 Å². The molecule has 0 unspecified atom stereocenters. The van der Waals surface area contributed by atoms with E-state index in [2.05, 4.69) is 15.3 Å². The maximum atomic E-state index is 12.5. The van der Waals surface area contributed by atoms with Crippen LogP contribution in [0.15, 0.2) is 41.8 Å². The molecule has 2 fully saturated rings. The van der Waals surface area contributed by atoms with Gasteiger partial charge in [-0.2, -0.15) is 0 Å². The van der Waals surface area contributed by atoms with Crippen molar-refractivity contribution in [3.8, 4) is 5.75 Å². The van der Waals surface area contributed by atoms with Crippen molar-refractivity contribution in [2.75, 3.05) is 24.2 Å². The van der Waals surface area contributed by atoms with E-state index in [4.69, 9.17) is 4.74 Å².